The molecule has 1 aliphatic rings. The third-order valence-corrected chi connectivity index (χ3v) is 2.82. The third kappa shape index (κ3) is 2.71. The van der Waals surface area contributed by atoms with E-state index in [1.807, 2.05) is 0 Å². The second kappa shape index (κ2) is 4.95. The Bertz CT molecular complexity index is 399. The topological polar surface area (TPSA) is 71.9 Å². The molecule has 1 heterocycles. The zero-order valence-corrected chi connectivity index (χ0v) is 9.10. The largest absolute Gasteiger partial charge is 0.474 e. The van der Waals surface area contributed by atoms with Gasteiger partial charge in [-0.25, -0.2) is 4.98 Å². The zero-order valence-electron chi connectivity index (χ0n) is 9.10. The first-order valence-corrected chi connectivity index (χ1v) is 5.56. The fourth-order valence-electron chi connectivity index (χ4n) is 2.00. The number of nitrogens with zero attached hydrogens (tertiary/aromatic N) is 2. The SMILES string of the molecule is N#Cc1ccnc(OC2CCCC(N)C2)c1. The van der Waals surface area contributed by atoms with Crippen LogP contribution in [0.4, 0.5) is 0 Å². The highest BCUT2D eigenvalue weighted by Gasteiger charge is 2.20. The van der Waals surface area contributed by atoms with E-state index in [0.29, 0.717) is 11.4 Å². The first-order valence-electron chi connectivity index (χ1n) is 5.56. The van der Waals surface area contributed by atoms with Crippen molar-refractivity contribution < 1.29 is 4.74 Å². The summed E-state index contributed by atoms with van der Waals surface area (Å²) in [6.45, 7) is 0. The fraction of sp³-hybridized carbons (Fsp3) is 0.500. The number of pyridine rings is 1. The Morgan fingerprint density at radius 2 is 2.38 bits per heavy atom. The van der Waals surface area contributed by atoms with Crippen molar-refractivity contribution in [1.82, 2.24) is 4.98 Å². The Morgan fingerprint density at radius 3 is 3.12 bits per heavy atom. The normalized spacial score (nSPS) is 24.8. The van der Waals surface area contributed by atoms with E-state index in [1.165, 1.54) is 0 Å². The van der Waals surface area contributed by atoms with Gasteiger partial charge in [0, 0.05) is 18.3 Å². The van der Waals surface area contributed by atoms with Gasteiger partial charge in [-0.2, -0.15) is 5.26 Å². The second-order valence-corrected chi connectivity index (χ2v) is 4.16. The minimum atomic E-state index is 0.144. The van der Waals surface area contributed by atoms with Gasteiger partial charge < -0.3 is 10.5 Å². The summed E-state index contributed by atoms with van der Waals surface area (Å²) in [5, 5.41) is 8.76. The summed E-state index contributed by atoms with van der Waals surface area (Å²) in [6, 6.07) is 5.64. The van der Waals surface area contributed by atoms with E-state index in [4.69, 9.17) is 15.7 Å². The van der Waals surface area contributed by atoms with E-state index in [1.54, 1.807) is 18.3 Å². The van der Waals surface area contributed by atoms with Crippen LogP contribution in [0.1, 0.15) is 31.2 Å². The predicted octanol–water partition coefficient (Wildman–Crippen LogP) is 1.60. The highest BCUT2D eigenvalue weighted by Crippen LogP contribution is 2.21. The molecule has 2 N–H and O–H groups in total. The molecule has 0 aliphatic heterocycles. The monoisotopic (exact) mass is 217 g/mol. The second-order valence-electron chi connectivity index (χ2n) is 4.16. The summed E-state index contributed by atoms with van der Waals surface area (Å²) in [7, 11) is 0. The van der Waals surface area contributed by atoms with Crippen LogP contribution >= 0.6 is 0 Å². The van der Waals surface area contributed by atoms with Gasteiger partial charge in [0.1, 0.15) is 6.10 Å². The molecular weight excluding hydrogens is 202 g/mol. The molecule has 0 radical (unpaired) electrons. The predicted molar refractivity (Wildman–Crippen MR) is 59.8 cm³/mol. The van der Waals surface area contributed by atoms with E-state index in [0.717, 1.165) is 25.7 Å². The molecule has 0 spiro atoms. The lowest BCUT2D eigenvalue weighted by Crippen LogP contribution is -2.33. The summed E-state index contributed by atoms with van der Waals surface area (Å²) in [5.41, 5.74) is 6.46. The Morgan fingerprint density at radius 1 is 1.50 bits per heavy atom. The van der Waals surface area contributed by atoms with Crippen LogP contribution < -0.4 is 10.5 Å². The summed E-state index contributed by atoms with van der Waals surface area (Å²) in [6.07, 6.45) is 5.81. The molecule has 2 atom stereocenters. The standard InChI is InChI=1S/C12H15N3O/c13-8-9-4-5-15-12(6-9)16-11-3-1-2-10(14)7-11/h4-6,10-11H,1-3,7,14H2. The zero-order chi connectivity index (χ0) is 11.4. The number of nitrogens with two attached hydrogens (primary N) is 1. The van der Waals surface area contributed by atoms with E-state index < -0.39 is 0 Å². The first kappa shape index (κ1) is 10.9. The van der Waals surface area contributed by atoms with E-state index >= 15 is 0 Å². The Hall–Kier alpha value is -1.60. The number of ether oxygens (including phenoxy) is 1. The molecule has 1 aromatic rings. The molecule has 2 unspecified atom stereocenters. The molecule has 84 valence electrons. The highest BCUT2D eigenvalue weighted by molar-refractivity contribution is 5.31. The highest BCUT2D eigenvalue weighted by atomic mass is 16.5. The van der Waals surface area contributed by atoms with Crippen LogP contribution in [0.25, 0.3) is 0 Å². The van der Waals surface area contributed by atoms with Crippen LogP contribution in [-0.2, 0) is 0 Å². The number of hydrogen-bond donors (Lipinski definition) is 1. The van der Waals surface area contributed by atoms with Crippen LogP contribution in [0.3, 0.4) is 0 Å². The third-order valence-electron chi connectivity index (χ3n) is 2.82. The molecule has 1 aliphatic carbocycles. The average Bonchev–Trinajstić information content (AvgIpc) is 2.29. The van der Waals surface area contributed by atoms with E-state index in [-0.39, 0.29) is 12.1 Å². The Balaban J connectivity index is 2.00. The summed E-state index contributed by atoms with van der Waals surface area (Å²) < 4.78 is 5.73. The van der Waals surface area contributed by atoms with Crippen LogP contribution in [0.2, 0.25) is 0 Å². The van der Waals surface area contributed by atoms with Crippen molar-refractivity contribution in [2.75, 3.05) is 0 Å². The molecular formula is C12H15N3O. The maximum atomic E-state index is 8.76. The van der Waals surface area contributed by atoms with Crippen molar-refractivity contribution in [3.63, 3.8) is 0 Å². The summed E-state index contributed by atoms with van der Waals surface area (Å²) >= 11 is 0. The number of hydrogen-bond acceptors (Lipinski definition) is 4. The molecule has 2 rings (SSSR count). The molecule has 0 bridgehead atoms. The molecule has 0 saturated heterocycles. The van der Waals surface area contributed by atoms with Gasteiger partial charge in [0.15, 0.2) is 0 Å². The van der Waals surface area contributed by atoms with Crippen molar-refractivity contribution in [3.8, 4) is 11.9 Å². The van der Waals surface area contributed by atoms with E-state index in [9.17, 15) is 0 Å². The van der Waals surface area contributed by atoms with Gasteiger partial charge in [-0.15, -0.1) is 0 Å². The summed E-state index contributed by atoms with van der Waals surface area (Å²) in [4.78, 5) is 4.09. The van der Waals surface area contributed by atoms with Gasteiger partial charge >= 0.3 is 0 Å². The quantitative estimate of drug-likeness (QED) is 0.816. The van der Waals surface area contributed by atoms with Gasteiger partial charge in [0.05, 0.1) is 11.6 Å². The van der Waals surface area contributed by atoms with Gasteiger partial charge in [-0.3, -0.25) is 0 Å². The van der Waals surface area contributed by atoms with Crippen molar-refractivity contribution in [1.29, 1.82) is 5.26 Å². The van der Waals surface area contributed by atoms with Crippen molar-refractivity contribution in [3.05, 3.63) is 23.9 Å². The van der Waals surface area contributed by atoms with Gasteiger partial charge in [0.2, 0.25) is 5.88 Å². The minimum Gasteiger partial charge on any atom is -0.474 e. The van der Waals surface area contributed by atoms with Crippen molar-refractivity contribution in [2.24, 2.45) is 5.73 Å². The van der Waals surface area contributed by atoms with Gasteiger partial charge in [-0.1, -0.05) is 0 Å². The lowest BCUT2D eigenvalue weighted by atomic mass is 9.94. The molecule has 0 amide bonds. The number of nitriles is 1. The molecule has 0 aromatic carbocycles. The van der Waals surface area contributed by atoms with Crippen LogP contribution in [0, 0.1) is 11.3 Å². The van der Waals surface area contributed by atoms with Crippen molar-refractivity contribution >= 4 is 0 Å². The molecule has 4 heteroatoms. The van der Waals surface area contributed by atoms with Crippen LogP contribution in [-0.4, -0.2) is 17.1 Å². The van der Waals surface area contributed by atoms with Crippen LogP contribution in [0.5, 0.6) is 5.88 Å². The molecule has 1 fully saturated rings. The van der Waals surface area contributed by atoms with Gasteiger partial charge in [-0.05, 0) is 31.7 Å². The Labute approximate surface area is 95.0 Å². The lowest BCUT2D eigenvalue weighted by Gasteiger charge is -2.26. The molecule has 4 nitrogen and oxygen atoms in total. The maximum absolute atomic E-state index is 8.76. The summed E-state index contributed by atoms with van der Waals surface area (Å²) in [5.74, 6) is 0.526. The minimum absolute atomic E-state index is 0.144. The first-order chi connectivity index (χ1) is 7.78. The average molecular weight is 217 g/mol. The van der Waals surface area contributed by atoms with Crippen LogP contribution in [0.15, 0.2) is 18.3 Å². The van der Waals surface area contributed by atoms with E-state index in [2.05, 4.69) is 11.1 Å². The molecule has 1 aromatic heterocycles. The fourth-order valence-corrected chi connectivity index (χ4v) is 2.00. The number of aromatic nitrogens is 1. The smallest absolute Gasteiger partial charge is 0.214 e. The van der Waals surface area contributed by atoms with Gasteiger partial charge in [0.25, 0.3) is 0 Å². The molecule has 16 heavy (non-hydrogen) atoms. The Kier molecular flexibility index (Phi) is 3.37. The number of rotatable bonds is 2. The van der Waals surface area contributed by atoms with Crippen molar-refractivity contribution in [2.45, 2.75) is 37.8 Å². The maximum Gasteiger partial charge on any atom is 0.214 e. The lowest BCUT2D eigenvalue weighted by molar-refractivity contribution is 0.138. The molecule has 1 saturated carbocycles.